The van der Waals surface area contributed by atoms with Crippen molar-refractivity contribution in [2.45, 2.75) is 40.2 Å². The third kappa shape index (κ3) is 5.16. The van der Waals surface area contributed by atoms with Crippen LogP contribution in [0.4, 0.5) is 0 Å². The van der Waals surface area contributed by atoms with Crippen LogP contribution in [-0.2, 0) is 0 Å². The fourth-order valence-corrected chi connectivity index (χ4v) is 2.97. The van der Waals surface area contributed by atoms with E-state index in [4.69, 9.17) is 14.2 Å². The smallest absolute Gasteiger partial charge is 0.251 e. The Morgan fingerprint density at radius 2 is 1.63 bits per heavy atom. The standard InChI is InChI=1S/C22H29NO4/c1-6-18(16-9-11-19(25-5)15(4)13-16)23-22(24)17-10-12-20(26-7-2)21(14-17)27-8-3/h9-14,18H,6-8H2,1-5H3,(H,23,24)/t18-/m1/s1. The van der Waals surface area contributed by atoms with Gasteiger partial charge in [0.1, 0.15) is 5.75 Å². The van der Waals surface area contributed by atoms with E-state index in [0.717, 1.165) is 23.3 Å². The molecule has 0 aliphatic rings. The molecule has 0 spiro atoms. The van der Waals surface area contributed by atoms with E-state index in [-0.39, 0.29) is 11.9 Å². The summed E-state index contributed by atoms with van der Waals surface area (Å²) in [5, 5.41) is 3.11. The first-order chi connectivity index (χ1) is 13.0. The van der Waals surface area contributed by atoms with Crippen LogP contribution >= 0.6 is 0 Å². The first kappa shape index (κ1) is 20.6. The predicted octanol–water partition coefficient (Wildman–Crippen LogP) is 4.68. The topological polar surface area (TPSA) is 56.8 Å². The summed E-state index contributed by atoms with van der Waals surface area (Å²) in [6.45, 7) is 8.92. The molecule has 1 amide bonds. The minimum absolute atomic E-state index is 0.0794. The van der Waals surface area contributed by atoms with Crippen LogP contribution in [0.1, 0.15) is 54.7 Å². The molecule has 0 bridgehead atoms. The van der Waals surface area contributed by atoms with Gasteiger partial charge in [-0.1, -0.05) is 19.1 Å². The summed E-state index contributed by atoms with van der Waals surface area (Å²) in [7, 11) is 1.66. The Bertz CT molecular complexity index is 773. The molecule has 0 fully saturated rings. The van der Waals surface area contributed by atoms with Gasteiger partial charge in [0.15, 0.2) is 11.5 Å². The maximum absolute atomic E-state index is 12.8. The van der Waals surface area contributed by atoms with Crippen LogP contribution in [0, 0.1) is 6.92 Å². The number of hydrogen-bond donors (Lipinski definition) is 1. The first-order valence-corrected chi connectivity index (χ1v) is 9.39. The summed E-state index contributed by atoms with van der Waals surface area (Å²) in [5.41, 5.74) is 2.65. The summed E-state index contributed by atoms with van der Waals surface area (Å²) in [6.07, 6.45) is 0.785. The summed E-state index contributed by atoms with van der Waals surface area (Å²) >= 11 is 0. The maximum Gasteiger partial charge on any atom is 0.251 e. The molecule has 5 nitrogen and oxygen atoms in total. The van der Waals surface area contributed by atoms with E-state index in [2.05, 4.69) is 11.4 Å². The van der Waals surface area contributed by atoms with Gasteiger partial charge in [-0.2, -0.15) is 0 Å². The Morgan fingerprint density at radius 3 is 2.22 bits per heavy atom. The lowest BCUT2D eigenvalue weighted by Crippen LogP contribution is -2.28. The zero-order valence-corrected chi connectivity index (χ0v) is 16.8. The van der Waals surface area contributed by atoms with Gasteiger partial charge in [-0.15, -0.1) is 0 Å². The Labute approximate surface area is 161 Å². The summed E-state index contributed by atoms with van der Waals surface area (Å²) in [6, 6.07) is 11.2. The number of benzene rings is 2. The molecule has 0 aliphatic heterocycles. The molecular formula is C22H29NO4. The highest BCUT2D eigenvalue weighted by atomic mass is 16.5. The summed E-state index contributed by atoms with van der Waals surface area (Å²) in [5.74, 6) is 1.93. The third-order valence-corrected chi connectivity index (χ3v) is 4.34. The van der Waals surface area contributed by atoms with E-state index in [1.54, 1.807) is 25.3 Å². The highest BCUT2D eigenvalue weighted by Crippen LogP contribution is 2.29. The van der Waals surface area contributed by atoms with Crippen LogP contribution in [0.5, 0.6) is 17.2 Å². The molecule has 0 unspecified atom stereocenters. The van der Waals surface area contributed by atoms with Crippen molar-refractivity contribution in [2.24, 2.45) is 0 Å². The van der Waals surface area contributed by atoms with Crippen molar-refractivity contribution >= 4 is 5.91 Å². The van der Waals surface area contributed by atoms with Gasteiger partial charge in [0.05, 0.1) is 26.4 Å². The van der Waals surface area contributed by atoms with E-state index in [1.807, 2.05) is 39.8 Å². The second-order valence-corrected chi connectivity index (χ2v) is 6.19. The molecule has 0 saturated heterocycles. The Kier molecular flexibility index (Phi) is 7.53. The van der Waals surface area contributed by atoms with Gasteiger partial charge >= 0.3 is 0 Å². The van der Waals surface area contributed by atoms with Gasteiger partial charge < -0.3 is 19.5 Å². The van der Waals surface area contributed by atoms with Crippen molar-refractivity contribution in [3.05, 3.63) is 53.1 Å². The van der Waals surface area contributed by atoms with E-state index in [1.165, 1.54) is 0 Å². The lowest BCUT2D eigenvalue weighted by atomic mass is 10.0. The first-order valence-electron chi connectivity index (χ1n) is 9.39. The minimum Gasteiger partial charge on any atom is -0.496 e. The largest absolute Gasteiger partial charge is 0.496 e. The monoisotopic (exact) mass is 371 g/mol. The number of hydrogen-bond acceptors (Lipinski definition) is 4. The molecule has 0 aliphatic carbocycles. The molecule has 0 aromatic heterocycles. The number of ether oxygens (including phenoxy) is 3. The maximum atomic E-state index is 12.8. The second-order valence-electron chi connectivity index (χ2n) is 6.19. The molecule has 1 atom stereocenters. The molecule has 146 valence electrons. The number of aryl methyl sites for hydroxylation is 1. The van der Waals surface area contributed by atoms with Crippen LogP contribution in [0.25, 0.3) is 0 Å². The van der Waals surface area contributed by atoms with E-state index < -0.39 is 0 Å². The van der Waals surface area contributed by atoms with E-state index in [0.29, 0.717) is 30.3 Å². The fraction of sp³-hybridized carbons (Fsp3) is 0.409. The number of carbonyl (C=O) groups is 1. The molecule has 0 heterocycles. The highest BCUT2D eigenvalue weighted by molar-refractivity contribution is 5.95. The molecule has 2 aromatic rings. The van der Waals surface area contributed by atoms with Crippen LogP contribution in [0.15, 0.2) is 36.4 Å². The highest BCUT2D eigenvalue weighted by Gasteiger charge is 2.17. The molecule has 27 heavy (non-hydrogen) atoms. The van der Waals surface area contributed by atoms with Gasteiger partial charge in [-0.3, -0.25) is 4.79 Å². The number of carbonyl (C=O) groups excluding carboxylic acids is 1. The SMILES string of the molecule is CCOc1ccc(C(=O)N[C@H](CC)c2ccc(OC)c(C)c2)cc1OCC. The predicted molar refractivity (Wildman–Crippen MR) is 107 cm³/mol. The average Bonchev–Trinajstić information content (AvgIpc) is 2.67. The third-order valence-electron chi connectivity index (χ3n) is 4.34. The molecule has 5 heteroatoms. The normalized spacial score (nSPS) is 11.6. The summed E-state index contributed by atoms with van der Waals surface area (Å²) < 4.78 is 16.5. The zero-order chi connectivity index (χ0) is 19.8. The van der Waals surface area contributed by atoms with Crippen LogP contribution in [0.2, 0.25) is 0 Å². The lowest BCUT2D eigenvalue weighted by molar-refractivity contribution is 0.0935. The molecule has 1 N–H and O–H groups in total. The van der Waals surface area contributed by atoms with Crippen molar-refractivity contribution in [2.75, 3.05) is 20.3 Å². The number of methoxy groups -OCH3 is 1. The average molecular weight is 371 g/mol. The molecule has 2 aromatic carbocycles. The Balaban J connectivity index is 2.21. The van der Waals surface area contributed by atoms with Gasteiger partial charge in [-0.25, -0.2) is 0 Å². The number of nitrogens with one attached hydrogen (secondary N) is 1. The minimum atomic E-state index is -0.140. The van der Waals surface area contributed by atoms with E-state index >= 15 is 0 Å². The number of amides is 1. The Hall–Kier alpha value is -2.69. The van der Waals surface area contributed by atoms with Crippen molar-refractivity contribution in [3.8, 4) is 17.2 Å². The molecule has 0 saturated carbocycles. The molecular weight excluding hydrogens is 342 g/mol. The van der Waals surface area contributed by atoms with Gasteiger partial charge in [0, 0.05) is 5.56 Å². The van der Waals surface area contributed by atoms with Crippen molar-refractivity contribution in [3.63, 3.8) is 0 Å². The van der Waals surface area contributed by atoms with E-state index in [9.17, 15) is 4.79 Å². The quantitative estimate of drug-likeness (QED) is 0.695. The number of rotatable bonds is 9. The van der Waals surface area contributed by atoms with Crippen LogP contribution in [0.3, 0.4) is 0 Å². The van der Waals surface area contributed by atoms with Crippen molar-refractivity contribution < 1.29 is 19.0 Å². The van der Waals surface area contributed by atoms with Gasteiger partial charge in [-0.05, 0) is 62.6 Å². The second kappa shape index (κ2) is 9.86. The fourth-order valence-electron chi connectivity index (χ4n) is 2.97. The van der Waals surface area contributed by atoms with Crippen molar-refractivity contribution in [1.82, 2.24) is 5.32 Å². The Morgan fingerprint density at radius 1 is 0.963 bits per heavy atom. The lowest BCUT2D eigenvalue weighted by Gasteiger charge is -2.19. The van der Waals surface area contributed by atoms with Crippen LogP contribution < -0.4 is 19.5 Å². The van der Waals surface area contributed by atoms with Gasteiger partial charge in [0.25, 0.3) is 5.91 Å². The molecule has 2 rings (SSSR count). The zero-order valence-electron chi connectivity index (χ0n) is 16.8. The summed E-state index contributed by atoms with van der Waals surface area (Å²) in [4.78, 5) is 12.8. The molecule has 0 radical (unpaired) electrons. The van der Waals surface area contributed by atoms with Gasteiger partial charge in [0.2, 0.25) is 0 Å². The van der Waals surface area contributed by atoms with Crippen molar-refractivity contribution in [1.29, 1.82) is 0 Å². The van der Waals surface area contributed by atoms with Crippen LogP contribution in [-0.4, -0.2) is 26.2 Å².